The maximum atomic E-state index is 14.0. The molecule has 0 aromatic heterocycles. The van der Waals surface area contributed by atoms with Crippen molar-refractivity contribution in [1.82, 2.24) is 0 Å². The normalized spacial score (nSPS) is 31.3. The van der Waals surface area contributed by atoms with Crippen LogP contribution < -0.4 is 0 Å². The number of carbonyl (C=O) groups excluding carboxylic acids is 2. The molecule has 4 bridgehead atoms. The maximum Gasteiger partial charge on any atom is 0.405 e. The zero-order valence-electron chi connectivity index (χ0n) is 19.7. The quantitative estimate of drug-likeness (QED) is 0.452. The smallest absolute Gasteiger partial charge is 0.405 e. The van der Waals surface area contributed by atoms with Gasteiger partial charge in [-0.15, -0.1) is 0 Å². The molecule has 3 unspecified atom stereocenters. The lowest BCUT2D eigenvalue weighted by atomic mass is 9.48. The summed E-state index contributed by atoms with van der Waals surface area (Å²) in [5.41, 5.74) is 1.13. The van der Waals surface area contributed by atoms with Gasteiger partial charge in [-0.25, -0.2) is 4.79 Å². The summed E-state index contributed by atoms with van der Waals surface area (Å²) in [4.78, 5) is 26.4. The lowest BCUT2D eigenvalue weighted by molar-refractivity contribution is -0.206. The van der Waals surface area contributed by atoms with Crippen LogP contribution in [0.1, 0.15) is 72.5 Å². The SMILES string of the molecule is Cc1cc(C)c(C)c(C(=O)OC23CC4CC(C2)CC(C(=O)OC(C)C(F)(F)S(=O)(=O)O)(C4)C3)c1. The molecule has 0 aliphatic heterocycles. The molecule has 4 fully saturated rings. The summed E-state index contributed by atoms with van der Waals surface area (Å²) in [7, 11) is -5.75. The van der Waals surface area contributed by atoms with Crippen LogP contribution in [0.5, 0.6) is 0 Å². The van der Waals surface area contributed by atoms with E-state index in [2.05, 4.69) is 0 Å². The lowest BCUT2D eigenvalue weighted by Gasteiger charge is -2.59. The maximum absolute atomic E-state index is 14.0. The summed E-state index contributed by atoms with van der Waals surface area (Å²) >= 11 is 0. The fourth-order valence-corrected chi connectivity index (χ4v) is 7.07. The third-order valence-electron chi connectivity index (χ3n) is 7.88. The van der Waals surface area contributed by atoms with Crippen molar-refractivity contribution in [3.63, 3.8) is 0 Å². The van der Waals surface area contributed by atoms with Crippen LogP contribution in [0, 0.1) is 38.0 Å². The second-order valence-electron chi connectivity index (χ2n) is 10.7. The highest BCUT2D eigenvalue weighted by Crippen LogP contribution is 2.63. The first-order chi connectivity index (χ1) is 15.6. The van der Waals surface area contributed by atoms with E-state index in [1.54, 1.807) is 6.07 Å². The Morgan fingerprint density at radius 1 is 1.12 bits per heavy atom. The molecule has 1 aromatic carbocycles. The van der Waals surface area contributed by atoms with Crippen LogP contribution in [-0.4, -0.2) is 41.9 Å². The van der Waals surface area contributed by atoms with Crippen molar-refractivity contribution < 1.29 is 40.8 Å². The Kier molecular flexibility index (Phi) is 5.87. The summed E-state index contributed by atoms with van der Waals surface area (Å²) in [6, 6.07) is 3.75. The number of alkyl halides is 2. The topological polar surface area (TPSA) is 107 Å². The van der Waals surface area contributed by atoms with Crippen molar-refractivity contribution >= 4 is 22.1 Å². The first-order valence-electron chi connectivity index (χ1n) is 11.4. The zero-order chi connectivity index (χ0) is 25.3. The van der Waals surface area contributed by atoms with Gasteiger partial charge in [-0.2, -0.15) is 17.2 Å². The molecule has 5 rings (SSSR count). The first-order valence-corrected chi connectivity index (χ1v) is 12.9. The Bertz CT molecular complexity index is 1130. The monoisotopic (exact) mass is 500 g/mol. The van der Waals surface area contributed by atoms with Gasteiger partial charge in [0.15, 0.2) is 6.10 Å². The second kappa shape index (κ2) is 7.98. The van der Waals surface area contributed by atoms with Gasteiger partial charge in [0.05, 0.1) is 11.0 Å². The van der Waals surface area contributed by atoms with Crippen LogP contribution in [0.25, 0.3) is 0 Å². The molecule has 4 aliphatic carbocycles. The summed E-state index contributed by atoms with van der Waals surface area (Å²) in [5, 5.41) is -4.63. The summed E-state index contributed by atoms with van der Waals surface area (Å²) < 4.78 is 70.0. The molecule has 0 radical (unpaired) electrons. The molecule has 1 aromatic rings. The van der Waals surface area contributed by atoms with Crippen molar-refractivity contribution in [1.29, 1.82) is 0 Å². The molecule has 0 heterocycles. The number of carbonyl (C=O) groups is 2. The molecule has 188 valence electrons. The minimum absolute atomic E-state index is 0.0688. The molecule has 0 spiro atoms. The van der Waals surface area contributed by atoms with Crippen LogP contribution in [0.3, 0.4) is 0 Å². The molecular formula is C24H30F2O7S. The summed E-state index contributed by atoms with van der Waals surface area (Å²) in [6.45, 7) is 6.40. The molecule has 10 heteroatoms. The van der Waals surface area contributed by atoms with Gasteiger partial charge in [0.2, 0.25) is 0 Å². The van der Waals surface area contributed by atoms with Gasteiger partial charge >= 0.3 is 27.3 Å². The lowest BCUT2D eigenvalue weighted by Crippen LogP contribution is -2.60. The Balaban J connectivity index is 1.58. The van der Waals surface area contributed by atoms with E-state index in [-0.39, 0.29) is 18.3 Å². The Labute approximate surface area is 197 Å². The van der Waals surface area contributed by atoms with Crippen LogP contribution in [0.2, 0.25) is 0 Å². The molecule has 1 N–H and O–H groups in total. The number of hydrogen-bond acceptors (Lipinski definition) is 6. The average Bonchev–Trinajstić information content (AvgIpc) is 2.68. The molecule has 0 amide bonds. The van der Waals surface area contributed by atoms with Gasteiger partial charge in [-0.1, -0.05) is 6.07 Å². The van der Waals surface area contributed by atoms with Gasteiger partial charge in [-0.05, 0) is 94.4 Å². The number of hydrogen-bond donors (Lipinski definition) is 1. The fraction of sp³-hybridized carbons (Fsp3) is 0.667. The van der Waals surface area contributed by atoms with E-state index in [9.17, 15) is 26.8 Å². The van der Waals surface area contributed by atoms with Gasteiger partial charge in [0.25, 0.3) is 0 Å². The van der Waals surface area contributed by atoms with Crippen molar-refractivity contribution in [2.75, 3.05) is 0 Å². The highest BCUT2D eigenvalue weighted by Gasteiger charge is 2.64. The van der Waals surface area contributed by atoms with Crippen LogP contribution in [0.15, 0.2) is 12.1 Å². The van der Waals surface area contributed by atoms with Crippen molar-refractivity contribution in [3.05, 3.63) is 34.4 Å². The number of aryl methyl sites for hydroxylation is 2. The highest BCUT2D eigenvalue weighted by molar-refractivity contribution is 7.86. The van der Waals surface area contributed by atoms with E-state index in [1.165, 1.54) is 0 Å². The highest BCUT2D eigenvalue weighted by atomic mass is 32.2. The Morgan fingerprint density at radius 3 is 2.26 bits per heavy atom. The Morgan fingerprint density at radius 2 is 1.71 bits per heavy atom. The molecule has 4 saturated carbocycles. The molecule has 34 heavy (non-hydrogen) atoms. The molecule has 4 aliphatic rings. The van der Waals surface area contributed by atoms with Crippen molar-refractivity contribution in [2.24, 2.45) is 17.3 Å². The number of esters is 2. The van der Waals surface area contributed by atoms with Crippen LogP contribution in [0.4, 0.5) is 8.78 Å². The third-order valence-corrected chi connectivity index (χ3v) is 8.90. The second-order valence-corrected chi connectivity index (χ2v) is 12.1. The molecule has 7 nitrogen and oxygen atoms in total. The van der Waals surface area contributed by atoms with Gasteiger partial charge in [-0.3, -0.25) is 9.35 Å². The largest absolute Gasteiger partial charge is 0.455 e. The van der Waals surface area contributed by atoms with Gasteiger partial charge in [0, 0.05) is 6.42 Å². The van der Waals surface area contributed by atoms with Gasteiger partial charge < -0.3 is 9.47 Å². The van der Waals surface area contributed by atoms with Gasteiger partial charge in [0.1, 0.15) is 5.60 Å². The summed E-state index contributed by atoms with van der Waals surface area (Å²) in [6.07, 6.45) is 0.636. The minimum Gasteiger partial charge on any atom is -0.455 e. The average molecular weight is 501 g/mol. The van der Waals surface area contributed by atoms with Crippen LogP contribution in [-0.2, 0) is 24.4 Å². The fourth-order valence-electron chi connectivity index (χ4n) is 6.60. The van der Waals surface area contributed by atoms with E-state index in [0.717, 1.165) is 30.0 Å². The van der Waals surface area contributed by atoms with E-state index < -0.39 is 44.4 Å². The van der Waals surface area contributed by atoms with E-state index in [0.29, 0.717) is 31.2 Å². The zero-order valence-corrected chi connectivity index (χ0v) is 20.5. The molecular weight excluding hydrogens is 470 g/mol. The predicted molar refractivity (Wildman–Crippen MR) is 118 cm³/mol. The van der Waals surface area contributed by atoms with Crippen molar-refractivity contribution in [2.45, 2.75) is 83.2 Å². The van der Waals surface area contributed by atoms with E-state index >= 15 is 0 Å². The number of rotatable bonds is 6. The summed E-state index contributed by atoms with van der Waals surface area (Å²) in [5.74, 6) is -1.26. The predicted octanol–water partition coefficient (Wildman–Crippen LogP) is 4.52. The van der Waals surface area contributed by atoms with Crippen LogP contribution >= 0.6 is 0 Å². The Hall–Kier alpha value is -2.07. The number of benzene rings is 1. The van der Waals surface area contributed by atoms with Crippen molar-refractivity contribution in [3.8, 4) is 0 Å². The minimum atomic E-state index is -5.75. The van der Waals surface area contributed by atoms with E-state index in [4.69, 9.17) is 14.0 Å². The molecule has 0 saturated heterocycles. The first kappa shape index (κ1) is 25.0. The third kappa shape index (κ3) is 4.12. The standard InChI is InChI=1S/C24H30F2O7S/c1-13-5-14(2)15(3)19(6-13)20(27)33-23-10-17-7-18(11-23)9-22(8-17,12-23)21(28)32-16(4)24(25,26)34(29,30)31/h5-6,16-18H,7-12H2,1-4H3,(H,29,30,31). The van der Waals surface area contributed by atoms with E-state index in [1.807, 2.05) is 26.8 Å². The number of ether oxygens (including phenoxy) is 2. The molecule has 3 atom stereocenters. The number of halogens is 2.